The number of rotatable bonds is 2. The summed E-state index contributed by atoms with van der Waals surface area (Å²) >= 11 is 0. The number of likely N-dealkylation sites (N-methyl/N-ethyl adjacent to an activating group) is 1. The zero-order valence-electron chi connectivity index (χ0n) is 10.1. The number of hydrogen-bond acceptors (Lipinski definition) is 3. The van der Waals surface area contributed by atoms with Gasteiger partial charge in [-0.15, -0.1) is 0 Å². The van der Waals surface area contributed by atoms with Gasteiger partial charge in [0.15, 0.2) is 0 Å². The molecule has 0 radical (unpaired) electrons. The maximum Gasteiger partial charge on any atom is 0.115 e. The summed E-state index contributed by atoms with van der Waals surface area (Å²) in [5, 5.41) is 9.48. The molecule has 2 rings (SSSR count). The van der Waals surface area contributed by atoms with Gasteiger partial charge in [0, 0.05) is 32.2 Å². The molecule has 88 valence electrons. The van der Waals surface area contributed by atoms with E-state index in [0.717, 1.165) is 26.2 Å². The van der Waals surface area contributed by atoms with Gasteiger partial charge in [-0.05, 0) is 31.7 Å². The average Bonchev–Trinajstić information content (AvgIpc) is 2.29. The number of phenols is 1. The second-order valence-electron chi connectivity index (χ2n) is 4.61. The van der Waals surface area contributed by atoms with Crippen LogP contribution in [0.5, 0.6) is 5.75 Å². The Balaban J connectivity index is 2.04. The summed E-state index contributed by atoms with van der Waals surface area (Å²) in [6, 6.07) is 7.98. The van der Waals surface area contributed by atoms with Crippen LogP contribution in [0, 0.1) is 0 Å². The molecule has 0 spiro atoms. The van der Waals surface area contributed by atoms with Gasteiger partial charge in [0.25, 0.3) is 0 Å². The third-order valence-corrected chi connectivity index (χ3v) is 3.44. The molecule has 1 aliphatic heterocycles. The molecule has 1 atom stereocenters. The topological polar surface area (TPSA) is 26.7 Å². The van der Waals surface area contributed by atoms with Crippen molar-refractivity contribution >= 4 is 0 Å². The molecule has 1 aliphatic rings. The monoisotopic (exact) mass is 220 g/mol. The van der Waals surface area contributed by atoms with E-state index in [4.69, 9.17) is 0 Å². The lowest BCUT2D eigenvalue weighted by atomic mass is 10.1. The highest BCUT2D eigenvalue weighted by Gasteiger charge is 2.20. The second kappa shape index (κ2) is 4.85. The van der Waals surface area contributed by atoms with Crippen molar-refractivity contribution in [2.45, 2.75) is 13.0 Å². The largest absolute Gasteiger partial charge is 0.508 e. The average molecular weight is 220 g/mol. The first-order valence-corrected chi connectivity index (χ1v) is 5.88. The van der Waals surface area contributed by atoms with E-state index >= 15 is 0 Å². The minimum atomic E-state index is 0.360. The smallest absolute Gasteiger partial charge is 0.115 e. The first-order valence-electron chi connectivity index (χ1n) is 5.88. The Morgan fingerprint density at radius 1 is 1.19 bits per heavy atom. The van der Waals surface area contributed by atoms with Crippen LogP contribution in [0.25, 0.3) is 0 Å². The van der Waals surface area contributed by atoms with E-state index in [1.165, 1.54) is 5.56 Å². The molecule has 0 aliphatic carbocycles. The minimum absolute atomic E-state index is 0.360. The van der Waals surface area contributed by atoms with Crippen LogP contribution in [0.1, 0.15) is 18.5 Å². The van der Waals surface area contributed by atoms with Gasteiger partial charge in [-0.25, -0.2) is 0 Å². The van der Waals surface area contributed by atoms with E-state index in [9.17, 15) is 5.11 Å². The lowest BCUT2D eigenvalue weighted by molar-refractivity contribution is 0.119. The fourth-order valence-electron chi connectivity index (χ4n) is 2.20. The Morgan fingerprint density at radius 3 is 2.50 bits per heavy atom. The van der Waals surface area contributed by atoms with Gasteiger partial charge in [-0.2, -0.15) is 0 Å². The molecule has 1 unspecified atom stereocenters. The highest BCUT2D eigenvalue weighted by Crippen LogP contribution is 2.23. The van der Waals surface area contributed by atoms with Gasteiger partial charge in [0.1, 0.15) is 5.75 Å². The zero-order chi connectivity index (χ0) is 11.5. The summed E-state index contributed by atoms with van der Waals surface area (Å²) in [6.45, 7) is 6.67. The van der Waals surface area contributed by atoms with Crippen molar-refractivity contribution in [2.24, 2.45) is 0 Å². The summed E-state index contributed by atoms with van der Waals surface area (Å²) in [7, 11) is 2.16. The lowest BCUT2D eigenvalue weighted by Gasteiger charge is -2.36. The van der Waals surface area contributed by atoms with Crippen molar-refractivity contribution in [2.75, 3.05) is 33.2 Å². The van der Waals surface area contributed by atoms with Gasteiger partial charge in [0.05, 0.1) is 0 Å². The van der Waals surface area contributed by atoms with E-state index in [2.05, 4.69) is 29.8 Å². The van der Waals surface area contributed by atoms with Gasteiger partial charge in [0.2, 0.25) is 0 Å². The van der Waals surface area contributed by atoms with Crippen LogP contribution < -0.4 is 0 Å². The van der Waals surface area contributed by atoms with E-state index in [-0.39, 0.29) is 0 Å². The molecule has 1 aromatic rings. The summed E-state index contributed by atoms with van der Waals surface area (Å²) in [6.07, 6.45) is 0. The molecule has 0 saturated carbocycles. The van der Waals surface area contributed by atoms with Crippen LogP contribution in [0.15, 0.2) is 24.3 Å². The third-order valence-electron chi connectivity index (χ3n) is 3.44. The molecule has 16 heavy (non-hydrogen) atoms. The van der Waals surface area contributed by atoms with Crippen molar-refractivity contribution in [3.63, 3.8) is 0 Å². The van der Waals surface area contributed by atoms with E-state index in [1.54, 1.807) is 6.07 Å². The van der Waals surface area contributed by atoms with Crippen LogP contribution in [-0.2, 0) is 0 Å². The fourth-order valence-corrected chi connectivity index (χ4v) is 2.20. The maximum atomic E-state index is 9.48. The van der Waals surface area contributed by atoms with Gasteiger partial charge < -0.3 is 10.0 Å². The number of phenolic OH excluding ortho intramolecular Hbond substituents is 1. The Morgan fingerprint density at radius 2 is 1.88 bits per heavy atom. The van der Waals surface area contributed by atoms with Crippen molar-refractivity contribution in [1.82, 2.24) is 9.80 Å². The van der Waals surface area contributed by atoms with E-state index < -0.39 is 0 Å². The molecule has 0 bridgehead atoms. The molecule has 3 nitrogen and oxygen atoms in total. The quantitative estimate of drug-likeness (QED) is 0.822. The van der Waals surface area contributed by atoms with Crippen molar-refractivity contribution in [1.29, 1.82) is 0 Å². The van der Waals surface area contributed by atoms with Crippen LogP contribution in [0.2, 0.25) is 0 Å². The van der Waals surface area contributed by atoms with Crippen molar-refractivity contribution < 1.29 is 5.11 Å². The van der Waals surface area contributed by atoms with Crippen LogP contribution in [0.3, 0.4) is 0 Å². The summed E-state index contributed by atoms with van der Waals surface area (Å²) in [5.74, 6) is 0.360. The van der Waals surface area contributed by atoms with Gasteiger partial charge >= 0.3 is 0 Å². The van der Waals surface area contributed by atoms with Crippen LogP contribution >= 0.6 is 0 Å². The molecule has 1 heterocycles. The first kappa shape index (κ1) is 11.4. The van der Waals surface area contributed by atoms with Gasteiger partial charge in [-0.3, -0.25) is 4.90 Å². The second-order valence-corrected chi connectivity index (χ2v) is 4.61. The highest BCUT2D eigenvalue weighted by molar-refractivity contribution is 5.29. The SMILES string of the molecule is CC(c1cccc(O)c1)N1CCN(C)CC1. The fraction of sp³-hybridized carbons (Fsp3) is 0.538. The zero-order valence-corrected chi connectivity index (χ0v) is 10.1. The molecule has 1 fully saturated rings. The predicted molar refractivity (Wildman–Crippen MR) is 65.6 cm³/mol. The standard InChI is InChI=1S/C13H20N2O/c1-11(12-4-3-5-13(16)10-12)15-8-6-14(2)7-9-15/h3-5,10-11,16H,6-9H2,1-2H3. The number of nitrogens with zero attached hydrogens (tertiary/aromatic N) is 2. The minimum Gasteiger partial charge on any atom is -0.508 e. The Kier molecular flexibility index (Phi) is 3.46. The molecule has 3 heteroatoms. The normalized spacial score (nSPS) is 20.9. The van der Waals surface area contributed by atoms with E-state index in [1.807, 2.05) is 12.1 Å². The van der Waals surface area contributed by atoms with Crippen LogP contribution in [-0.4, -0.2) is 48.1 Å². The van der Waals surface area contributed by atoms with Crippen molar-refractivity contribution in [3.8, 4) is 5.75 Å². The number of piperazine rings is 1. The molecule has 1 N–H and O–H groups in total. The first-order chi connectivity index (χ1) is 7.66. The molecular formula is C13H20N2O. The molecular weight excluding hydrogens is 200 g/mol. The Hall–Kier alpha value is -1.06. The molecule has 1 aromatic carbocycles. The Labute approximate surface area is 97.3 Å². The van der Waals surface area contributed by atoms with E-state index in [0.29, 0.717) is 11.8 Å². The molecule has 0 aromatic heterocycles. The molecule has 1 saturated heterocycles. The van der Waals surface area contributed by atoms with Crippen LogP contribution in [0.4, 0.5) is 0 Å². The van der Waals surface area contributed by atoms with Gasteiger partial charge in [-0.1, -0.05) is 12.1 Å². The lowest BCUT2D eigenvalue weighted by Crippen LogP contribution is -2.45. The number of benzene rings is 1. The number of hydrogen-bond donors (Lipinski definition) is 1. The van der Waals surface area contributed by atoms with Crippen molar-refractivity contribution in [3.05, 3.63) is 29.8 Å². The Bertz CT molecular complexity index is 346. The third kappa shape index (κ3) is 2.54. The number of aromatic hydroxyl groups is 1. The predicted octanol–water partition coefficient (Wildman–Crippen LogP) is 1.70. The summed E-state index contributed by atoms with van der Waals surface area (Å²) in [5.41, 5.74) is 1.20. The summed E-state index contributed by atoms with van der Waals surface area (Å²) < 4.78 is 0. The summed E-state index contributed by atoms with van der Waals surface area (Å²) in [4.78, 5) is 4.82. The maximum absolute atomic E-state index is 9.48. The highest BCUT2D eigenvalue weighted by atomic mass is 16.3. The molecule has 0 amide bonds.